The Morgan fingerprint density at radius 3 is 2.41 bits per heavy atom. The minimum atomic E-state index is -2.88. The number of rotatable bonds is 8. The van der Waals surface area contributed by atoms with Gasteiger partial charge >= 0.3 is 6.61 Å². The second kappa shape index (κ2) is 9.66. The van der Waals surface area contributed by atoms with E-state index in [0.717, 1.165) is 5.56 Å². The molecule has 5 nitrogen and oxygen atoms in total. The van der Waals surface area contributed by atoms with Crippen LogP contribution >= 0.6 is 0 Å². The van der Waals surface area contributed by atoms with E-state index < -0.39 is 6.61 Å². The summed E-state index contributed by atoms with van der Waals surface area (Å²) >= 11 is 0. The number of anilines is 1. The Bertz CT molecular complexity index is 779. The van der Waals surface area contributed by atoms with Crippen molar-refractivity contribution in [2.24, 2.45) is 0 Å². The van der Waals surface area contributed by atoms with Crippen LogP contribution in [0.1, 0.15) is 25.0 Å². The number of carbonyl (C=O) groups excluding carboxylic acids is 2. The number of halogens is 2. The van der Waals surface area contributed by atoms with Gasteiger partial charge in [-0.25, -0.2) is 0 Å². The van der Waals surface area contributed by atoms with Crippen molar-refractivity contribution in [3.05, 3.63) is 59.7 Å². The largest absolute Gasteiger partial charge is 0.435 e. The number of nitrogens with one attached hydrogen (secondary N) is 1. The lowest BCUT2D eigenvalue weighted by molar-refractivity contribution is -0.129. The molecule has 2 rings (SSSR count). The fraction of sp³-hybridized carbons (Fsp3) is 0.300. The first-order chi connectivity index (χ1) is 12.9. The average Bonchev–Trinajstić information content (AvgIpc) is 2.61. The fourth-order valence-corrected chi connectivity index (χ4v) is 2.59. The van der Waals surface area contributed by atoms with Gasteiger partial charge in [0.15, 0.2) is 0 Å². The van der Waals surface area contributed by atoms with E-state index in [1.807, 2.05) is 25.1 Å². The molecule has 0 saturated carbocycles. The maximum atomic E-state index is 12.2. The van der Waals surface area contributed by atoms with Crippen molar-refractivity contribution in [1.82, 2.24) is 4.90 Å². The Morgan fingerprint density at radius 2 is 1.81 bits per heavy atom. The first-order valence-corrected chi connectivity index (χ1v) is 8.55. The molecule has 0 aliphatic rings. The van der Waals surface area contributed by atoms with Gasteiger partial charge in [0.1, 0.15) is 5.75 Å². The summed E-state index contributed by atoms with van der Waals surface area (Å²) in [6, 6.07) is 13.2. The molecular formula is C20H22F2N2O3. The summed E-state index contributed by atoms with van der Waals surface area (Å²) < 4.78 is 28.6. The average molecular weight is 376 g/mol. The minimum absolute atomic E-state index is 0.00814. The molecule has 0 fully saturated rings. The zero-order valence-electron chi connectivity index (χ0n) is 15.2. The quantitative estimate of drug-likeness (QED) is 0.762. The van der Waals surface area contributed by atoms with E-state index in [4.69, 9.17) is 0 Å². The minimum Gasteiger partial charge on any atom is -0.435 e. The van der Waals surface area contributed by atoms with Crippen LogP contribution in [0.4, 0.5) is 14.5 Å². The zero-order chi connectivity index (χ0) is 19.8. The van der Waals surface area contributed by atoms with Gasteiger partial charge in [-0.05, 0) is 42.3 Å². The Morgan fingerprint density at radius 1 is 1.11 bits per heavy atom. The molecule has 0 aromatic heterocycles. The second-order valence-electron chi connectivity index (χ2n) is 5.98. The summed E-state index contributed by atoms with van der Waals surface area (Å²) in [7, 11) is 0. The van der Waals surface area contributed by atoms with Gasteiger partial charge in [0.25, 0.3) is 0 Å². The van der Waals surface area contributed by atoms with E-state index in [-0.39, 0.29) is 24.0 Å². The lowest BCUT2D eigenvalue weighted by atomic mass is 10.1. The second-order valence-corrected chi connectivity index (χ2v) is 5.98. The summed E-state index contributed by atoms with van der Waals surface area (Å²) in [6.45, 7) is 1.63. The van der Waals surface area contributed by atoms with E-state index in [1.165, 1.54) is 19.1 Å². The van der Waals surface area contributed by atoms with Crippen molar-refractivity contribution in [2.45, 2.75) is 33.4 Å². The lowest BCUT2D eigenvalue weighted by Crippen LogP contribution is -2.27. The first-order valence-electron chi connectivity index (χ1n) is 8.55. The highest BCUT2D eigenvalue weighted by molar-refractivity contribution is 5.92. The Hall–Kier alpha value is -2.96. The molecular weight excluding hydrogens is 354 g/mol. The van der Waals surface area contributed by atoms with Gasteiger partial charge in [0.2, 0.25) is 11.8 Å². The van der Waals surface area contributed by atoms with Crippen LogP contribution in [0.15, 0.2) is 48.5 Å². The smallest absolute Gasteiger partial charge is 0.387 e. The number of hydrogen-bond donors (Lipinski definition) is 1. The molecule has 0 atom stereocenters. The van der Waals surface area contributed by atoms with Crippen LogP contribution in [0.5, 0.6) is 5.75 Å². The number of nitrogens with zero attached hydrogens (tertiary/aromatic N) is 1. The lowest BCUT2D eigenvalue weighted by Gasteiger charge is -2.19. The molecule has 0 spiro atoms. The predicted octanol–water partition coefficient (Wildman–Crippen LogP) is 3.84. The summed E-state index contributed by atoms with van der Waals surface area (Å²) in [5.74, 6) is -0.187. The van der Waals surface area contributed by atoms with Gasteiger partial charge < -0.3 is 15.0 Å². The Labute approximate surface area is 156 Å². The monoisotopic (exact) mass is 376 g/mol. The Kier molecular flexibility index (Phi) is 7.28. The van der Waals surface area contributed by atoms with Crippen LogP contribution in [-0.2, 0) is 22.6 Å². The van der Waals surface area contributed by atoms with Crippen LogP contribution < -0.4 is 10.1 Å². The van der Waals surface area contributed by atoms with Crippen molar-refractivity contribution in [3.63, 3.8) is 0 Å². The highest BCUT2D eigenvalue weighted by atomic mass is 19.3. The van der Waals surface area contributed by atoms with Crippen LogP contribution in [0, 0.1) is 0 Å². The van der Waals surface area contributed by atoms with Crippen molar-refractivity contribution in [2.75, 3.05) is 11.9 Å². The topological polar surface area (TPSA) is 58.6 Å². The molecule has 0 saturated heterocycles. The van der Waals surface area contributed by atoms with E-state index in [9.17, 15) is 18.4 Å². The molecule has 27 heavy (non-hydrogen) atoms. The standard InChI is InChI=1S/C20H22F2N2O3/c1-3-24(14(2)25)13-16-5-4-6-17(11-16)23-19(26)12-15-7-9-18(10-8-15)27-20(21)22/h4-11,20H,3,12-13H2,1-2H3,(H,23,26). The number of carbonyl (C=O) groups is 2. The number of alkyl halides is 2. The van der Waals surface area contributed by atoms with Crippen LogP contribution in [0.25, 0.3) is 0 Å². The molecule has 0 aliphatic carbocycles. The van der Waals surface area contributed by atoms with Crippen molar-refractivity contribution >= 4 is 17.5 Å². The van der Waals surface area contributed by atoms with E-state index in [2.05, 4.69) is 10.1 Å². The van der Waals surface area contributed by atoms with Crippen molar-refractivity contribution in [1.29, 1.82) is 0 Å². The maximum Gasteiger partial charge on any atom is 0.387 e. The van der Waals surface area contributed by atoms with E-state index >= 15 is 0 Å². The number of hydrogen-bond acceptors (Lipinski definition) is 3. The normalized spacial score (nSPS) is 10.6. The third-order valence-electron chi connectivity index (χ3n) is 3.92. The molecule has 2 amide bonds. The van der Waals surface area contributed by atoms with Gasteiger partial charge in [-0.15, -0.1) is 0 Å². The fourth-order valence-electron chi connectivity index (χ4n) is 2.59. The maximum absolute atomic E-state index is 12.2. The Balaban J connectivity index is 1.95. The molecule has 7 heteroatoms. The molecule has 0 radical (unpaired) electrons. The predicted molar refractivity (Wildman–Crippen MR) is 98.6 cm³/mol. The van der Waals surface area contributed by atoms with Gasteiger partial charge in [-0.3, -0.25) is 9.59 Å². The molecule has 0 unspecified atom stereocenters. The molecule has 0 bridgehead atoms. The van der Waals surface area contributed by atoms with Gasteiger partial charge in [-0.1, -0.05) is 24.3 Å². The van der Waals surface area contributed by atoms with Gasteiger partial charge in [0, 0.05) is 25.7 Å². The van der Waals surface area contributed by atoms with E-state index in [1.54, 1.807) is 23.1 Å². The summed E-state index contributed by atoms with van der Waals surface area (Å²) in [4.78, 5) is 25.4. The summed E-state index contributed by atoms with van der Waals surface area (Å²) in [5.41, 5.74) is 2.23. The number of benzene rings is 2. The summed E-state index contributed by atoms with van der Waals surface area (Å²) in [5, 5.41) is 2.80. The summed E-state index contributed by atoms with van der Waals surface area (Å²) in [6.07, 6.45) is 0.105. The molecule has 0 aliphatic heterocycles. The highest BCUT2D eigenvalue weighted by Gasteiger charge is 2.09. The zero-order valence-corrected chi connectivity index (χ0v) is 15.2. The highest BCUT2D eigenvalue weighted by Crippen LogP contribution is 2.17. The van der Waals surface area contributed by atoms with Crippen LogP contribution in [0.3, 0.4) is 0 Å². The number of amides is 2. The molecule has 144 valence electrons. The van der Waals surface area contributed by atoms with Crippen LogP contribution in [0.2, 0.25) is 0 Å². The van der Waals surface area contributed by atoms with Crippen molar-refractivity contribution < 1.29 is 23.1 Å². The molecule has 2 aromatic rings. The molecule has 0 heterocycles. The molecule has 2 aromatic carbocycles. The third kappa shape index (κ3) is 6.69. The van der Waals surface area contributed by atoms with Crippen LogP contribution in [-0.4, -0.2) is 29.9 Å². The third-order valence-corrected chi connectivity index (χ3v) is 3.92. The number of ether oxygens (including phenoxy) is 1. The van der Waals surface area contributed by atoms with Gasteiger partial charge in [0.05, 0.1) is 6.42 Å². The van der Waals surface area contributed by atoms with Crippen molar-refractivity contribution in [3.8, 4) is 5.75 Å². The SMILES string of the molecule is CCN(Cc1cccc(NC(=O)Cc2ccc(OC(F)F)cc2)c1)C(C)=O. The molecule has 1 N–H and O–H groups in total. The van der Waals surface area contributed by atoms with Gasteiger partial charge in [-0.2, -0.15) is 8.78 Å². The first kappa shape index (κ1) is 20.4. The van der Waals surface area contributed by atoms with E-state index in [0.29, 0.717) is 24.3 Å².